The van der Waals surface area contributed by atoms with E-state index in [9.17, 15) is 0 Å². The maximum atomic E-state index is 4.15. The summed E-state index contributed by atoms with van der Waals surface area (Å²) in [5.41, 5.74) is 0. The predicted molar refractivity (Wildman–Crippen MR) is 66.4 cm³/mol. The first-order valence-corrected chi connectivity index (χ1v) is 5.62. The fourth-order valence-electron chi connectivity index (χ4n) is 1.24. The summed E-state index contributed by atoms with van der Waals surface area (Å²) < 4.78 is 2.03. The molecule has 2 N–H and O–H groups in total. The minimum Gasteiger partial charge on any atom is -0.356 e. The monoisotopic (exact) mass is 223 g/mol. The second-order valence-electron chi connectivity index (χ2n) is 4.07. The van der Waals surface area contributed by atoms with Gasteiger partial charge in [0.1, 0.15) is 0 Å². The fraction of sp³-hybridized carbons (Fsp3) is 0.636. The molecule has 0 radical (unpaired) electrons. The summed E-state index contributed by atoms with van der Waals surface area (Å²) in [4.78, 5) is 8.14. The molecule has 1 heterocycles. The molecule has 16 heavy (non-hydrogen) atoms. The summed E-state index contributed by atoms with van der Waals surface area (Å²) in [6.45, 7) is 7.01. The topological polar surface area (TPSA) is 54.2 Å². The molecule has 0 bridgehead atoms. The van der Waals surface area contributed by atoms with Crippen molar-refractivity contribution < 1.29 is 0 Å². The molecule has 0 spiro atoms. The molecule has 1 aromatic rings. The van der Waals surface area contributed by atoms with E-state index in [1.54, 1.807) is 13.2 Å². The molecule has 90 valence electrons. The second-order valence-corrected chi connectivity index (χ2v) is 4.07. The van der Waals surface area contributed by atoms with Crippen molar-refractivity contribution in [3.63, 3.8) is 0 Å². The Morgan fingerprint density at radius 1 is 1.44 bits per heavy atom. The van der Waals surface area contributed by atoms with Gasteiger partial charge in [-0.1, -0.05) is 13.8 Å². The number of aliphatic imine (C=N–C) groups is 1. The summed E-state index contributed by atoms with van der Waals surface area (Å²) in [5, 5.41) is 6.52. The molecule has 1 rings (SSSR count). The highest BCUT2D eigenvalue weighted by molar-refractivity contribution is 5.79. The Morgan fingerprint density at radius 2 is 2.25 bits per heavy atom. The van der Waals surface area contributed by atoms with Crippen molar-refractivity contribution in [1.82, 2.24) is 20.2 Å². The minimum absolute atomic E-state index is 0.618. The van der Waals surface area contributed by atoms with Gasteiger partial charge >= 0.3 is 0 Å². The first kappa shape index (κ1) is 12.5. The number of nitrogens with one attached hydrogen (secondary N) is 2. The summed E-state index contributed by atoms with van der Waals surface area (Å²) in [6, 6.07) is 0. The zero-order valence-electron chi connectivity index (χ0n) is 10.3. The predicted octanol–water partition coefficient (Wildman–Crippen LogP) is 0.704. The highest BCUT2D eigenvalue weighted by Gasteiger charge is 1.98. The number of hydrogen-bond donors (Lipinski definition) is 2. The van der Waals surface area contributed by atoms with Crippen LogP contribution in [0.5, 0.6) is 0 Å². The van der Waals surface area contributed by atoms with Crippen LogP contribution in [-0.4, -0.2) is 35.6 Å². The van der Waals surface area contributed by atoms with Gasteiger partial charge in [0, 0.05) is 39.1 Å². The van der Waals surface area contributed by atoms with Crippen LogP contribution in [0.3, 0.4) is 0 Å². The average molecular weight is 223 g/mol. The fourth-order valence-corrected chi connectivity index (χ4v) is 1.24. The number of hydrogen-bond acceptors (Lipinski definition) is 2. The largest absolute Gasteiger partial charge is 0.356 e. The van der Waals surface area contributed by atoms with Gasteiger partial charge in [-0.25, -0.2) is 4.98 Å². The van der Waals surface area contributed by atoms with Gasteiger partial charge in [-0.15, -0.1) is 0 Å². The zero-order chi connectivity index (χ0) is 11.8. The number of guanidine groups is 1. The van der Waals surface area contributed by atoms with E-state index < -0.39 is 0 Å². The normalized spacial score (nSPS) is 11.9. The molecule has 0 saturated carbocycles. The van der Waals surface area contributed by atoms with E-state index in [2.05, 4.69) is 34.5 Å². The summed E-state index contributed by atoms with van der Waals surface area (Å²) in [6.07, 6.45) is 5.55. The molecular weight excluding hydrogens is 202 g/mol. The Labute approximate surface area is 97.0 Å². The summed E-state index contributed by atoms with van der Waals surface area (Å²) >= 11 is 0. The molecule has 0 fully saturated rings. The number of nitrogens with zero attached hydrogens (tertiary/aromatic N) is 3. The lowest BCUT2D eigenvalue weighted by Crippen LogP contribution is -2.40. The van der Waals surface area contributed by atoms with Crippen molar-refractivity contribution in [2.45, 2.75) is 20.4 Å². The van der Waals surface area contributed by atoms with E-state index in [4.69, 9.17) is 0 Å². The van der Waals surface area contributed by atoms with Crippen LogP contribution >= 0.6 is 0 Å². The highest BCUT2D eigenvalue weighted by atomic mass is 15.2. The van der Waals surface area contributed by atoms with Crippen LogP contribution in [0.1, 0.15) is 13.8 Å². The Bertz CT molecular complexity index is 302. The van der Waals surface area contributed by atoms with Crippen LogP contribution in [0.4, 0.5) is 0 Å². The quantitative estimate of drug-likeness (QED) is 0.571. The van der Waals surface area contributed by atoms with Crippen molar-refractivity contribution in [3.8, 4) is 0 Å². The molecule has 0 saturated heterocycles. The van der Waals surface area contributed by atoms with Gasteiger partial charge in [-0.3, -0.25) is 4.99 Å². The van der Waals surface area contributed by atoms with E-state index in [-0.39, 0.29) is 0 Å². The van der Waals surface area contributed by atoms with E-state index in [1.165, 1.54) is 0 Å². The van der Waals surface area contributed by atoms with Crippen LogP contribution < -0.4 is 10.6 Å². The first-order chi connectivity index (χ1) is 7.72. The lowest BCUT2D eigenvalue weighted by Gasteiger charge is -2.13. The molecule has 1 aromatic heterocycles. The molecule has 0 aromatic carbocycles. The number of rotatable bonds is 5. The van der Waals surface area contributed by atoms with Crippen LogP contribution in [0.15, 0.2) is 23.7 Å². The zero-order valence-corrected chi connectivity index (χ0v) is 10.3. The van der Waals surface area contributed by atoms with E-state index in [1.807, 2.05) is 17.1 Å². The van der Waals surface area contributed by atoms with Crippen LogP contribution in [-0.2, 0) is 6.54 Å². The van der Waals surface area contributed by atoms with Crippen molar-refractivity contribution in [2.24, 2.45) is 10.9 Å². The van der Waals surface area contributed by atoms with Crippen molar-refractivity contribution in [1.29, 1.82) is 0 Å². The van der Waals surface area contributed by atoms with E-state index in [0.29, 0.717) is 5.92 Å². The van der Waals surface area contributed by atoms with Crippen molar-refractivity contribution in [3.05, 3.63) is 18.7 Å². The third kappa shape index (κ3) is 4.82. The molecule has 5 nitrogen and oxygen atoms in total. The average Bonchev–Trinajstić information content (AvgIpc) is 2.75. The van der Waals surface area contributed by atoms with Gasteiger partial charge in [0.15, 0.2) is 5.96 Å². The number of aromatic nitrogens is 2. The smallest absolute Gasteiger partial charge is 0.191 e. The molecule has 0 atom stereocenters. The maximum Gasteiger partial charge on any atom is 0.191 e. The second kappa shape index (κ2) is 6.87. The minimum atomic E-state index is 0.618. The molecule has 0 unspecified atom stereocenters. The Balaban J connectivity index is 2.19. The molecule has 0 aliphatic carbocycles. The van der Waals surface area contributed by atoms with Crippen LogP contribution in [0, 0.1) is 5.92 Å². The Morgan fingerprint density at radius 3 is 2.81 bits per heavy atom. The standard InChI is InChI=1S/C11H21N5/c1-10(2)8-15-11(12-3)14-5-7-16-6-4-13-9-16/h4,6,9-10H,5,7-8H2,1-3H3,(H2,12,14,15). The Hall–Kier alpha value is -1.52. The van der Waals surface area contributed by atoms with Gasteiger partial charge in [0.2, 0.25) is 0 Å². The molecule has 5 heteroatoms. The SMILES string of the molecule is CN=C(NCCn1ccnc1)NCC(C)C. The van der Waals surface area contributed by atoms with Crippen LogP contribution in [0.2, 0.25) is 0 Å². The number of imidazole rings is 1. The van der Waals surface area contributed by atoms with Crippen LogP contribution in [0.25, 0.3) is 0 Å². The van der Waals surface area contributed by atoms with Crippen molar-refractivity contribution in [2.75, 3.05) is 20.1 Å². The van der Waals surface area contributed by atoms with E-state index >= 15 is 0 Å². The highest BCUT2D eigenvalue weighted by Crippen LogP contribution is 1.87. The molecule has 0 amide bonds. The first-order valence-electron chi connectivity index (χ1n) is 5.62. The summed E-state index contributed by atoms with van der Waals surface area (Å²) in [7, 11) is 1.78. The van der Waals surface area contributed by atoms with Gasteiger partial charge in [-0.2, -0.15) is 0 Å². The van der Waals surface area contributed by atoms with Gasteiger partial charge in [0.05, 0.1) is 6.33 Å². The third-order valence-electron chi connectivity index (χ3n) is 2.12. The summed E-state index contributed by atoms with van der Waals surface area (Å²) in [5.74, 6) is 1.47. The maximum absolute atomic E-state index is 4.15. The van der Waals surface area contributed by atoms with Gasteiger partial charge < -0.3 is 15.2 Å². The van der Waals surface area contributed by atoms with Gasteiger partial charge in [-0.05, 0) is 5.92 Å². The third-order valence-corrected chi connectivity index (χ3v) is 2.12. The van der Waals surface area contributed by atoms with Gasteiger partial charge in [0.25, 0.3) is 0 Å². The van der Waals surface area contributed by atoms with Crippen molar-refractivity contribution >= 4 is 5.96 Å². The van der Waals surface area contributed by atoms with E-state index in [0.717, 1.165) is 25.6 Å². The lowest BCUT2D eigenvalue weighted by atomic mass is 10.2. The molecular formula is C11H21N5. The molecule has 0 aliphatic rings. The lowest BCUT2D eigenvalue weighted by molar-refractivity contribution is 0.606. The molecule has 0 aliphatic heterocycles. The Kier molecular flexibility index (Phi) is 5.39.